The van der Waals surface area contributed by atoms with E-state index in [9.17, 15) is 9.00 Å². The molecule has 0 spiro atoms. The highest BCUT2D eigenvalue weighted by atomic mass is 32.2. The van der Waals surface area contributed by atoms with Crippen molar-refractivity contribution in [3.63, 3.8) is 0 Å². The molecule has 1 aliphatic rings. The highest BCUT2D eigenvalue weighted by Crippen LogP contribution is 2.27. The Balaban J connectivity index is 2.00. The van der Waals surface area contributed by atoms with Gasteiger partial charge in [-0.3, -0.25) is 9.00 Å². The van der Waals surface area contributed by atoms with Crippen LogP contribution in [0.4, 0.5) is 0 Å². The highest BCUT2D eigenvalue weighted by Gasteiger charge is 2.35. The third-order valence-corrected chi connectivity index (χ3v) is 6.51. The van der Waals surface area contributed by atoms with E-state index in [4.69, 9.17) is 0 Å². The Hall–Kier alpha value is -1.62. The Bertz CT molecular complexity index is 776. The minimum absolute atomic E-state index is 0.0247. The second kappa shape index (κ2) is 5.23. The molecule has 1 fully saturated rings. The van der Waals surface area contributed by atoms with Crippen LogP contribution in [-0.4, -0.2) is 43.6 Å². The van der Waals surface area contributed by atoms with Crippen molar-refractivity contribution in [2.75, 3.05) is 18.8 Å². The number of nitrogens with one attached hydrogen (secondary N) is 1. The first-order valence-corrected chi connectivity index (χ1v) is 8.89. The number of aryl methyl sites for hydroxylation is 2. The predicted octanol–water partition coefficient (Wildman–Crippen LogP) is 2.77. The summed E-state index contributed by atoms with van der Waals surface area (Å²) < 4.78 is 11.7. The lowest BCUT2D eigenvalue weighted by Gasteiger charge is -2.37. The number of carbonyl (C=O) groups excluding carboxylic acids is 1. The number of hydrogen-bond acceptors (Lipinski definition) is 2. The normalized spacial score (nSPS) is 21.3. The number of hydrogen-bond donors (Lipinski definition) is 1. The first-order chi connectivity index (χ1) is 10.3. The number of amides is 1. The number of benzene rings is 1. The summed E-state index contributed by atoms with van der Waals surface area (Å²) >= 11 is 0. The summed E-state index contributed by atoms with van der Waals surface area (Å²) in [5.41, 5.74) is 3.89. The number of fused-ring (bicyclic) bond motifs is 1. The summed E-state index contributed by atoms with van der Waals surface area (Å²) in [6, 6.07) is 5.85. The van der Waals surface area contributed by atoms with Crippen LogP contribution in [0.3, 0.4) is 0 Å². The van der Waals surface area contributed by atoms with Gasteiger partial charge in [-0.2, -0.15) is 0 Å². The molecule has 1 saturated heterocycles. The van der Waals surface area contributed by atoms with Crippen molar-refractivity contribution in [1.29, 1.82) is 0 Å². The lowest BCUT2D eigenvalue weighted by Crippen LogP contribution is -2.52. The Morgan fingerprint density at radius 2 is 2.05 bits per heavy atom. The number of carbonyl (C=O) groups is 1. The van der Waals surface area contributed by atoms with Crippen molar-refractivity contribution >= 4 is 27.6 Å². The van der Waals surface area contributed by atoms with Gasteiger partial charge in [0.1, 0.15) is 0 Å². The van der Waals surface area contributed by atoms with Gasteiger partial charge in [0.25, 0.3) is 5.91 Å². The summed E-state index contributed by atoms with van der Waals surface area (Å²) in [6.45, 7) is 9.11. The Morgan fingerprint density at radius 3 is 2.73 bits per heavy atom. The molecule has 1 aromatic carbocycles. The number of aromatic amines is 1. The van der Waals surface area contributed by atoms with Crippen LogP contribution >= 0.6 is 0 Å². The third kappa shape index (κ3) is 2.37. The maximum absolute atomic E-state index is 12.9. The Kier molecular flexibility index (Phi) is 3.63. The second-order valence-corrected chi connectivity index (χ2v) is 8.84. The molecule has 22 heavy (non-hydrogen) atoms. The summed E-state index contributed by atoms with van der Waals surface area (Å²) in [5, 5.41) is 1.10. The predicted molar refractivity (Wildman–Crippen MR) is 90.8 cm³/mol. The van der Waals surface area contributed by atoms with Crippen LogP contribution in [0.25, 0.3) is 10.9 Å². The van der Waals surface area contributed by atoms with E-state index in [1.54, 1.807) is 0 Å². The van der Waals surface area contributed by atoms with E-state index in [1.165, 1.54) is 5.56 Å². The van der Waals surface area contributed by atoms with Gasteiger partial charge in [-0.05, 0) is 39.3 Å². The molecule has 2 aromatic rings. The smallest absolute Gasteiger partial charge is 0.256 e. The number of para-hydroxylation sites is 1. The molecule has 1 aromatic heterocycles. The molecule has 0 bridgehead atoms. The molecule has 118 valence electrons. The van der Waals surface area contributed by atoms with Gasteiger partial charge in [0.15, 0.2) is 0 Å². The highest BCUT2D eigenvalue weighted by molar-refractivity contribution is 7.86. The van der Waals surface area contributed by atoms with Gasteiger partial charge in [0.2, 0.25) is 0 Å². The fourth-order valence-corrected chi connectivity index (χ4v) is 4.32. The first-order valence-electron chi connectivity index (χ1n) is 7.57. The molecule has 5 heteroatoms. The Labute approximate surface area is 133 Å². The lowest BCUT2D eigenvalue weighted by molar-refractivity contribution is 0.0747. The van der Waals surface area contributed by atoms with Gasteiger partial charge in [-0.15, -0.1) is 0 Å². The monoisotopic (exact) mass is 318 g/mol. The van der Waals surface area contributed by atoms with Gasteiger partial charge < -0.3 is 9.88 Å². The largest absolute Gasteiger partial charge is 0.358 e. The summed E-state index contributed by atoms with van der Waals surface area (Å²) in [7, 11) is -0.873. The molecule has 0 saturated carbocycles. The molecular formula is C17H22N2O2S. The summed E-state index contributed by atoms with van der Waals surface area (Å²) in [5.74, 6) is 0.578. The number of nitrogens with zero attached hydrogens (tertiary/aromatic N) is 1. The SMILES string of the molecule is Cc1[nH]c2c(C(=O)N3CC[S@](=O)C(C)(C)C3)cccc2c1C. The van der Waals surface area contributed by atoms with Crippen molar-refractivity contribution in [3.05, 3.63) is 35.0 Å². The number of aromatic nitrogens is 1. The minimum atomic E-state index is -0.873. The molecule has 0 unspecified atom stereocenters. The third-order valence-electron chi connectivity index (χ3n) is 4.60. The van der Waals surface area contributed by atoms with E-state index in [-0.39, 0.29) is 10.7 Å². The average molecular weight is 318 g/mol. The van der Waals surface area contributed by atoms with Gasteiger partial charge in [-0.25, -0.2) is 0 Å². The average Bonchev–Trinajstić information content (AvgIpc) is 2.76. The van der Waals surface area contributed by atoms with Gasteiger partial charge in [0.05, 0.1) is 15.8 Å². The second-order valence-electron chi connectivity index (χ2n) is 6.64. The molecule has 0 aliphatic carbocycles. The van der Waals surface area contributed by atoms with Gasteiger partial charge in [0, 0.05) is 40.7 Å². The van der Waals surface area contributed by atoms with Crippen LogP contribution in [0.1, 0.15) is 35.5 Å². The first kappa shape index (κ1) is 15.3. The van der Waals surface area contributed by atoms with E-state index in [0.29, 0.717) is 24.4 Å². The lowest BCUT2D eigenvalue weighted by atomic mass is 10.1. The van der Waals surface area contributed by atoms with Crippen LogP contribution < -0.4 is 0 Å². The van der Waals surface area contributed by atoms with Crippen molar-refractivity contribution in [2.24, 2.45) is 0 Å². The topological polar surface area (TPSA) is 53.2 Å². The molecule has 1 atom stereocenters. The fraction of sp³-hybridized carbons (Fsp3) is 0.471. The molecule has 4 nitrogen and oxygen atoms in total. The van der Waals surface area contributed by atoms with Crippen LogP contribution in [0.15, 0.2) is 18.2 Å². The minimum Gasteiger partial charge on any atom is -0.358 e. The zero-order valence-electron chi connectivity index (χ0n) is 13.5. The number of H-pyrrole nitrogens is 1. The van der Waals surface area contributed by atoms with Crippen LogP contribution in [-0.2, 0) is 10.8 Å². The molecule has 3 rings (SSSR count). The molecule has 1 amide bonds. The van der Waals surface area contributed by atoms with Crippen LogP contribution in [0.2, 0.25) is 0 Å². The maximum atomic E-state index is 12.9. The van der Waals surface area contributed by atoms with Gasteiger partial charge in [-0.1, -0.05) is 12.1 Å². The quantitative estimate of drug-likeness (QED) is 0.879. The van der Waals surface area contributed by atoms with Crippen molar-refractivity contribution in [3.8, 4) is 0 Å². The maximum Gasteiger partial charge on any atom is 0.256 e. The Morgan fingerprint density at radius 1 is 1.32 bits per heavy atom. The standard InChI is InChI=1S/C17H22N2O2S/c1-11-12(2)18-15-13(11)6-5-7-14(15)16(20)19-8-9-22(21)17(3,4)10-19/h5-7,18H,8-10H2,1-4H3/t22-/m0/s1. The fourth-order valence-electron chi connectivity index (χ4n) is 3.08. The zero-order chi connectivity index (χ0) is 16.1. The number of rotatable bonds is 1. The molecular weight excluding hydrogens is 296 g/mol. The molecule has 1 aliphatic heterocycles. The van der Waals surface area contributed by atoms with E-state index in [2.05, 4.69) is 11.9 Å². The zero-order valence-corrected chi connectivity index (χ0v) is 14.3. The van der Waals surface area contributed by atoms with E-state index in [1.807, 2.05) is 43.9 Å². The van der Waals surface area contributed by atoms with Crippen LogP contribution in [0, 0.1) is 13.8 Å². The van der Waals surface area contributed by atoms with Gasteiger partial charge >= 0.3 is 0 Å². The molecule has 1 N–H and O–H groups in total. The molecule has 0 radical (unpaired) electrons. The van der Waals surface area contributed by atoms with E-state index < -0.39 is 10.8 Å². The summed E-state index contributed by atoms with van der Waals surface area (Å²) in [4.78, 5) is 18.1. The van der Waals surface area contributed by atoms with E-state index in [0.717, 1.165) is 16.6 Å². The van der Waals surface area contributed by atoms with Crippen molar-refractivity contribution in [1.82, 2.24) is 9.88 Å². The van der Waals surface area contributed by atoms with Crippen molar-refractivity contribution < 1.29 is 9.00 Å². The van der Waals surface area contributed by atoms with E-state index >= 15 is 0 Å². The van der Waals surface area contributed by atoms with Crippen molar-refractivity contribution in [2.45, 2.75) is 32.4 Å². The summed E-state index contributed by atoms with van der Waals surface area (Å²) in [6.07, 6.45) is 0. The van der Waals surface area contributed by atoms with Crippen LogP contribution in [0.5, 0.6) is 0 Å². The molecule has 2 heterocycles.